The molecule has 1 unspecified atom stereocenters. The Bertz CT molecular complexity index is 822. The van der Waals surface area contributed by atoms with E-state index in [-0.39, 0.29) is 17.8 Å². The fourth-order valence-corrected chi connectivity index (χ4v) is 3.77. The summed E-state index contributed by atoms with van der Waals surface area (Å²) >= 11 is 1.40. The predicted octanol–water partition coefficient (Wildman–Crippen LogP) is 2.30. The third-order valence-corrected chi connectivity index (χ3v) is 5.06. The smallest absolute Gasteiger partial charge is 0.261 e. The molecule has 0 bridgehead atoms. The van der Waals surface area contributed by atoms with Gasteiger partial charge in [-0.2, -0.15) is 4.99 Å². The normalized spacial score (nSPS) is 14.4. The van der Waals surface area contributed by atoms with Crippen molar-refractivity contribution in [3.63, 3.8) is 0 Å². The number of hydrogen-bond donors (Lipinski definition) is 2. The molecule has 3 rings (SSSR count). The van der Waals surface area contributed by atoms with Crippen LogP contribution in [0.25, 0.3) is 0 Å². The Labute approximate surface area is 155 Å². The van der Waals surface area contributed by atoms with Gasteiger partial charge in [0.15, 0.2) is 5.96 Å². The summed E-state index contributed by atoms with van der Waals surface area (Å²) < 4.78 is 0. The van der Waals surface area contributed by atoms with Crippen molar-refractivity contribution in [3.05, 3.63) is 46.5 Å². The molecule has 4 N–H and O–H groups in total. The van der Waals surface area contributed by atoms with Crippen molar-refractivity contribution in [1.82, 2.24) is 9.88 Å². The third kappa shape index (κ3) is 3.91. The van der Waals surface area contributed by atoms with Crippen LogP contribution in [0, 0.1) is 5.92 Å². The SMILES string of the molecule is CC(CCCN1C(=O)c2ccccc2C1=O)Cc1csc(N=C(N)N)n1. The summed E-state index contributed by atoms with van der Waals surface area (Å²) in [5.74, 6) is -0.0153. The maximum absolute atomic E-state index is 12.3. The minimum absolute atomic E-state index is 0.0000997. The Hall–Kier alpha value is -2.74. The highest BCUT2D eigenvalue weighted by Crippen LogP contribution is 2.24. The fourth-order valence-electron chi connectivity index (χ4n) is 3.05. The first-order chi connectivity index (χ1) is 12.5. The zero-order valence-corrected chi connectivity index (χ0v) is 15.3. The number of benzene rings is 1. The number of aliphatic imine (C=N–C) groups is 1. The summed E-state index contributed by atoms with van der Waals surface area (Å²) in [6.07, 6.45) is 2.46. The molecule has 1 aromatic carbocycles. The molecule has 2 heterocycles. The van der Waals surface area contributed by atoms with Crippen LogP contribution >= 0.6 is 11.3 Å². The molecule has 26 heavy (non-hydrogen) atoms. The highest BCUT2D eigenvalue weighted by molar-refractivity contribution is 7.13. The molecule has 1 atom stereocenters. The predicted molar refractivity (Wildman–Crippen MR) is 101 cm³/mol. The zero-order chi connectivity index (χ0) is 18.7. The Morgan fingerprint density at radius 2 is 1.88 bits per heavy atom. The number of fused-ring (bicyclic) bond motifs is 1. The van der Waals surface area contributed by atoms with E-state index < -0.39 is 0 Å². The molecule has 0 aliphatic carbocycles. The number of carbonyl (C=O) groups excluding carboxylic acids is 2. The van der Waals surface area contributed by atoms with Crippen LogP contribution in [0.15, 0.2) is 34.6 Å². The molecule has 0 saturated carbocycles. The van der Waals surface area contributed by atoms with Gasteiger partial charge in [-0.1, -0.05) is 19.1 Å². The van der Waals surface area contributed by atoms with Gasteiger partial charge >= 0.3 is 0 Å². The molecule has 1 aliphatic heterocycles. The molecule has 1 aromatic heterocycles. The topological polar surface area (TPSA) is 115 Å². The van der Waals surface area contributed by atoms with Crippen LogP contribution in [0.5, 0.6) is 0 Å². The van der Waals surface area contributed by atoms with E-state index in [9.17, 15) is 9.59 Å². The standard InChI is InChI=1S/C18H21N5O2S/c1-11(9-12-10-26-18(21-12)22-17(19)20)5-4-8-23-15(24)13-6-2-3-7-14(13)16(23)25/h2-3,6-7,10-11H,4-5,8-9H2,1H3,(H4,19,20,21,22). The molecular weight excluding hydrogens is 350 g/mol. The zero-order valence-electron chi connectivity index (χ0n) is 14.5. The van der Waals surface area contributed by atoms with Crippen LogP contribution in [0.3, 0.4) is 0 Å². The van der Waals surface area contributed by atoms with E-state index in [0.717, 1.165) is 25.0 Å². The lowest BCUT2D eigenvalue weighted by Crippen LogP contribution is -2.30. The highest BCUT2D eigenvalue weighted by Gasteiger charge is 2.34. The van der Waals surface area contributed by atoms with Gasteiger partial charge in [-0.15, -0.1) is 11.3 Å². The van der Waals surface area contributed by atoms with Crippen molar-refractivity contribution < 1.29 is 9.59 Å². The monoisotopic (exact) mass is 371 g/mol. The Balaban J connectivity index is 1.49. The van der Waals surface area contributed by atoms with Crippen molar-refractivity contribution in [2.75, 3.05) is 6.54 Å². The molecular formula is C18H21N5O2S. The minimum atomic E-state index is -0.195. The maximum Gasteiger partial charge on any atom is 0.261 e. The number of nitrogens with two attached hydrogens (primary N) is 2. The second kappa shape index (κ2) is 7.65. The second-order valence-corrected chi connectivity index (χ2v) is 7.25. The first-order valence-corrected chi connectivity index (χ1v) is 9.33. The minimum Gasteiger partial charge on any atom is -0.370 e. The van der Waals surface area contributed by atoms with E-state index in [2.05, 4.69) is 16.9 Å². The summed E-state index contributed by atoms with van der Waals surface area (Å²) in [5, 5.41) is 2.50. The first-order valence-electron chi connectivity index (χ1n) is 8.45. The van der Waals surface area contributed by atoms with E-state index in [1.54, 1.807) is 24.3 Å². The van der Waals surface area contributed by atoms with E-state index in [1.807, 2.05) is 5.38 Å². The molecule has 0 saturated heterocycles. The summed E-state index contributed by atoms with van der Waals surface area (Å²) in [7, 11) is 0. The van der Waals surface area contributed by atoms with Crippen LogP contribution in [0.1, 0.15) is 46.2 Å². The average molecular weight is 371 g/mol. The number of aromatic nitrogens is 1. The van der Waals surface area contributed by atoms with Gasteiger partial charge in [-0.05, 0) is 37.3 Å². The number of amides is 2. The first kappa shape index (κ1) is 18.1. The summed E-state index contributed by atoms with van der Waals surface area (Å²) in [5.41, 5.74) is 12.6. The van der Waals surface area contributed by atoms with Crippen molar-refractivity contribution in [3.8, 4) is 0 Å². The number of rotatable bonds is 7. The number of guanidine groups is 1. The third-order valence-electron chi connectivity index (χ3n) is 4.28. The molecule has 0 radical (unpaired) electrons. The van der Waals surface area contributed by atoms with Gasteiger partial charge in [0.2, 0.25) is 5.13 Å². The molecule has 7 nitrogen and oxygen atoms in total. The summed E-state index contributed by atoms with van der Waals surface area (Å²) in [6, 6.07) is 6.96. The van der Waals surface area contributed by atoms with E-state index in [0.29, 0.717) is 28.7 Å². The molecule has 8 heteroatoms. The quantitative estimate of drug-likeness (QED) is 0.440. The van der Waals surface area contributed by atoms with Crippen molar-refractivity contribution in [2.24, 2.45) is 22.4 Å². The van der Waals surface area contributed by atoms with Crippen molar-refractivity contribution >= 4 is 34.2 Å². The summed E-state index contributed by atoms with van der Waals surface area (Å²) in [6.45, 7) is 2.56. The lowest BCUT2D eigenvalue weighted by atomic mass is 10.0. The number of imide groups is 1. The molecule has 0 fully saturated rings. The Morgan fingerprint density at radius 1 is 1.23 bits per heavy atom. The Kier molecular flexibility index (Phi) is 5.32. The summed E-state index contributed by atoms with van der Waals surface area (Å²) in [4.78, 5) is 34.3. The van der Waals surface area contributed by atoms with Crippen LogP contribution in [0.2, 0.25) is 0 Å². The number of carbonyl (C=O) groups is 2. The van der Waals surface area contributed by atoms with Crippen LogP contribution in [-0.2, 0) is 6.42 Å². The van der Waals surface area contributed by atoms with Crippen molar-refractivity contribution in [1.29, 1.82) is 0 Å². The largest absolute Gasteiger partial charge is 0.370 e. The second-order valence-electron chi connectivity index (χ2n) is 6.42. The average Bonchev–Trinajstić information content (AvgIpc) is 3.12. The molecule has 136 valence electrons. The molecule has 2 amide bonds. The van der Waals surface area contributed by atoms with Gasteiger partial charge in [0.25, 0.3) is 11.8 Å². The Morgan fingerprint density at radius 3 is 2.50 bits per heavy atom. The van der Waals surface area contributed by atoms with Crippen LogP contribution in [-0.4, -0.2) is 34.2 Å². The van der Waals surface area contributed by atoms with E-state index >= 15 is 0 Å². The van der Waals surface area contributed by atoms with E-state index in [4.69, 9.17) is 11.5 Å². The highest BCUT2D eigenvalue weighted by atomic mass is 32.1. The van der Waals surface area contributed by atoms with Gasteiger partial charge in [0, 0.05) is 11.9 Å². The van der Waals surface area contributed by atoms with Crippen LogP contribution in [0.4, 0.5) is 5.13 Å². The van der Waals surface area contributed by atoms with Gasteiger partial charge in [-0.3, -0.25) is 14.5 Å². The number of nitrogens with zero attached hydrogens (tertiary/aromatic N) is 3. The van der Waals surface area contributed by atoms with Gasteiger partial charge in [0.05, 0.1) is 16.8 Å². The van der Waals surface area contributed by atoms with Crippen LogP contribution < -0.4 is 11.5 Å². The molecule has 2 aromatic rings. The van der Waals surface area contributed by atoms with Crippen molar-refractivity contribution in [2.45, 2.75) is 26.2 Å². The fraction of sp³-hybridized carbons (Fsp3) is 0.333. The lowest BCUT2D eigenvalue weighted by molar-refractivity contribution is 0.0650. The molecule has 1 aliphatic rings. The van der Waals surface area contributed by atoms with E-state index in [1.165, 1.54) is 16.2 Å². The maximum atomic E-state index is 12.3. The molecule has 0 spiro atoms. The van der Waals surface area contributed by atoms with Gasteiger partial charge in [0.1, 0.15) is 0 Å². The van der Waals surface area contributed by atoms with Gasteiger partial charge in [-0.25, -0.2) is 4.98 Å². The number of thiazole rings is 1. The number of hydrogen-bond acceptors (Lipinski definition) is 5. The van der Waals surface area contributed by atoms with Gasteiger partial charge < -0.3 is 11.5 Å². The lowest BCUT2D eigenvalue weighted by Gasteiger charge is -2.15.